The molecule has 3 fully saturated rings. The third-order valence-corrected chi connectivity index (χ3v) is 5.85. The third-order valence-electron chi connectivity index (χ3n) is 5.85. The average molecular weight is 358 g/mol. The Morgan fingerprint density at radius 1 is 1.23 bits per heavy atom. The van der Waals surface area contributed by atoms with Crippen LogP contribution in [0.25, 0.3) is 0 Å². The number of piperidine rings is 1. The van der Waals surface area contributed by atoms with E-state index < -0.39 is 0 Å². The Bertz CT molecular complexity index is 590. The van der Waals surface area contributed by atoms with Gasteiger partial charge in [0, 0.05) is 19.6 Å². The van der Waals surface area contributed by atoms with Crippen LogP contribution in [0.15, 0.2) is 30.3 Å². The monoisotopic (exact) mass is 358 g/mol. The predicted octanol–water partition coefficient (Wildman–Crippen LogP) is 2.21. The van der Waals surface area contributed by atoms with Crippen molar-refractivity contribution < 1.29 is 14.3 Å². The van der Waals surface area contributed by atoms with E-state index in [4.69, 9.17) is 9.47 Å². The van der Waals surface area contributed by atoms with E-state index in [2.05, 4.69) is 22.3 Å². The molecular formula is C21H30N2O3. The smallest absolute Gasteiger partial charge is 0.249 e. The Labute approximate surface area is 156 Å². The number of nitrogens with zero attached hydrogens (tertiary/aromatic N) is 1. The molecule has 1 aliphatic carbocycles. The highest BCUT2D eigenvalue weighted by molar-refractivity contribution is 5.81. The van der Waals surface area contributed by atoms with Gasteiger partial charge in [-0.3, -0.25) is 9.69 Å². The van der Waals surface area contributed by atoms with Crippen molar-refractivity contribution in [2.75, 3.05) is 32.8 Å². The molecule has 2 saturated heterocycles. The number of likely N-dealkylation sites (tertiary alicyclic amines) is 1. The minimum absolute atomic E-state index is 0.101. The van der Waals surface area contributed by atoms with Crippen LogP contribution >= 0.6 is 0 Å². The first-order chi connectivity index (χ1) is 12.8. The van der Waals surface area contributed by atoms with E-state index in [1.807, 2.05) is 18.2 Å². The van der Waals surface area contributed by atoms with E-state index in [1.165, 1.54) is 18.4 Å². The van der Waals surface area contributed by atoms with Crippen LogP contribution in [0.3, 0.4) is 0 Å². The van der Waals surface area contributed by atoms with E-state index in [9.17, 15) is 4.79 Å². The number of fused-ring (bicyclic) bond motifs is 1. The molecule has 4 rings (SSSR count). The summed E-state index contributed by atoms with van der Waals surface area (Å²) >= 11 is 0. The van der Waals surface area contributed by atoms with Crippen LogP contribution in [0.2, 0.25) is 0 Å². The quantitative estimate of drug-likeness (QED) is 0.724. The molecule has 2 heterocycles. The van der Waals surface area contributed by atoms with Gasteiger partial charge in [-0.25, -0.2) is 0 Å². The van der Waals surface area contributed by atoms with Crippen molar-refractivity contribution in [3.05, 3.63) is 35.9 Å². The van der Waals surface area contributed by atoms with Crippen molar-refractivity contribution in [2.24, 2.45) is 11.8 Å². The molecule has 26 heavy (non-hydrogen) atoms. The Morgan fingerprint density at radius 2 is 2.08 bits per heavy atom. The number of ether oxygens (including phenoxy) is 2. The number of nitrogens with one attached hydrogen (secondary N) is 1. The van der Waals surface area contributed by atoms with Crippen LogP contribution in [-0.2, 0) is 20.9 Å². The van der Waals surface area contributed by atoms with Gasteiger partial charge in [0.05, 0.1) is 19.3 Å². The molecule has 3 atom stereocenters. The molecule has 1 aromatic rings. The molecule has 5 nitrogen and oxygen atoms in total. The maximum Gasteiger partial charge on any atom is 0.249 e. The second-order valence-corrected chi connectivity index (χ2v) is 7.97. The van der Waals surface area contributed by atoms with Crippen molar-refractivity contribution in [3.63, 3.8) is 0 Å². The zero-order valence-corrected chi connectivity index (χ0v) is 15.4. The summed E-state index contributed by atoms with van der Waals surface area (Å²) in [6.07, 6.45) is 4.50. The summed E-state index contributed by atoms with van der Waals surface area (Å²) in [5.41, 5.74) is 1.21. The molecule has 1 amide bonds. The lowest BCUT2D eigenvalue weighted by Crippen LogP contribution is -2.43. The minimum atomic E-state index is -0.238. The lowest BCUT2D eigenvalue weighted by atomic mass is 9.91. The lowest BCUT2D eigenvalue weighted by Gasteiger charge is -2.33. The van der Waals surface area contributed by atoms with Gasteiger partial charge in [0.2, 0.25) is 5.91 Å². The number of carbonyl (C=O) groups is 1. The van der Waals surface area contributed by atoms with Gasteiger partial charge in [-0.2, -0.15) is 0 Å². The zero-order chi connectivity index (χ0) is 17.8. The van der Waals surface area contributed by atoms with Gasteiger partial charge in [-0.1, -0.05) is 30.3 Å². The first-order valence-electron chi connectivity index (χ1n) is 10.0. The van der Waals surface area contributed by atoms with E-state index in [-0.39, 0.29) is 18.1 Å². The third kappa shape index (κ3) is 4.84. The molecule has 1 N–H and O–H groups in total. The number of amides is 1. The highest BCUT2D eigenvalue weighted by Crippen LogP contribution is 2.33. The Morgan fingerprint density at radius 3 is 2.88 bits per heavy atom. The maximum absolute atomic E-state index is 12.3. The average Bonchev–Trinajstić information content (AvgIpc) is 3.41. The topological polar surface area (TPSA) is 50.8 Å². The van der Waals surface area contributed by atoms with Crippen molar-refractivity contribution in [3.8, 4) is 0 Å². The molecule has 0 unspecified atom stereocenters. The van der Waals surface area contributed by atoms with Crippen LogP contribution in [0, 0.1) is 11.8 Å². The maximum atomic E-state index is 12.3. The second-order valence-electron chi connectivity index (χ2n) is 7.97. The molecule has 1 aromatic carbocycles. The molecule has 5 heteroatoms. The number of hydrogen-bond donors (Lipinski definition) is 1. The summed E-state index contributed by atoms with van der Waals surface area (Å²) < 4.78 is 11.9. The van der Waals surface area contributed by atoms with Gasteiger partial charge < -0.3 is 14.8 Å². The van der Waals surface area contributed by atoms with E-state index in [1.54, 1.807) is 0 Å². The highest BCUT2D eigenvalue weighted by atomic mass is 16.5. The standard InChI is InChI=1S/C21H30N2O3/c24-21(22-13-16-6-7-16)19-12-18-8-9-23(14-20(18)26-19)10-11-25-15-17-4-2-1-3-5-17/h1-5,16,18-20H,6-15H2,(H,22,24)/t18-,19-,20+/m0/s1. The number of benzene rings is 1. The van der Waals surface area contributed by atoms with Crippen LogP contribution in [0.5, 0.6) is 0 Å². The van der Waals surface area contributed by atoms with Crippen molar-refractivity contribution in [1.29, 1.82) is 0 Å². The Balaban J connectivity index is 1.15. The number of carbonyl (C=O) groups excluding carboxylic acids is 1. The zero-order valence-electron chi connectivity index (χ0n) is 15.4. The van der Waals surface area contributed by atoms with Gasteiger partial charge in [0.25, 0.3) is 0 Å². The first-order valence-corrected chi connectivity index (χ1v) is 10.0. The highest BCUT2D eigenvalue weighted by Gasteiger charge is 2.41. The fraction of sp³-hybridized carbons (Fsp3) is 0.667. The molecule has 2 aliphatic heterocycles. The number of rotatable bonds is 8. The molecule has 0 spiro atoms. The molecule has 0 radical (unpaired) electrons. The summed E-state index contributed by atoms with van der Waals surface area (Å²) in [6, 6.07) is 10.3. The summed E-state index contributed by atoms with van der Waals surface area (Å²) in [7, 11) is 0. The predicted molar refractivity (Wildman–Crippen MR) is 99.7 cm³/mol. The molecule has 0 bridgehead atoms. The van der Waals surface area contributed by atoms with Crippen LogP contribution in [-0.4, -0.2) is 55.8 Å². The van der Waals surface area contributed by atoms with Gasteiger partial charge in [0.15, 0.2) is 0 Å². The largest absolute Gasteiger partial charge is 0.375 e. The van der Waals surface area contributed by atoms with Crippen LogP contribution in [0.1, 0.15) is 31.2 Å². The summed E-state index contributed by atoms with van der Waals surface area (Å²) in [4.78, 5) is 14.7. The fourth-order valence-electron chi connectivity index (χ4n) is 4.00. The molecular weight excluding hydrogens is 328 g/mol. The van der Waals surface area contributed by atoms with Crippen molar-refractivity contribution in [1.82, 2.24) is 10.2 Å². The summed E-state index contributed by atoms with van der Waals surface area (Å²) in [5, 5.41) is 3.07. The molecule has 1 saturated carbocycles. The van der Waals surface area contributed by atoms with Gasteiger partial charge in [-0.15, -0.1) is 0 Å². The molecule has 3 aliphatic rings. The summed E-state index contributed by atoms with van der Waals surface area (Å²) in [5.74, 6) is 1.35. The molecule has 0 aromatic heterocycles. The lowest BCUT2D eigenvalue weighted by molar-refractivity contribution is -0.133. The van der Waals surface area contributed by atoms with E-state index in [0.717, 1.165) is 45.6 Å². The SMILES string of the molecule is O=C(NCC1CC1)[C@@H]1C[C@@H]2CCN(CCOCc3ccccc3)C[C@H]2O1. The first kappa shape index (κ1) is 18.0. The van der Waals surface area contributed by atoms with Gasteiger partial charge in [0.1, 0.15) is 6.10 Å². The Hall–Kier alpha value is -1.43. The van der Waals surface area contributed by atoms with E-state index in [0.29, 0.717) is 18.4 Å². The minimum Gasteiger partial charge on any atom is -0.375 e. The van der Waals surface area contributed by atoms with Crippen LogP contribution in [0.4, 0.5) is 0 Å². The van der Waals surface area contributed by atoms with Crippen molar-refractivity contribution in [2.45, 2.75) is 44.5 Å². The normalized spacial score (nSPS) is 28.7. The van der Waals surface area contributed by atoms with Crippen LogP contribution < -0.4 is 5.32 Å². The van der Waals surface area contributed by atoms with Crippen molar-refractivity contribution >= 4 is 5.91 Å². The Kier molecular flexibility index (Phi) is 5.88. The second kappa shape index (κ2) is 8.51. The van der Waals surface area contributed by atoms with Gasteiger partial charge in [-0.05, 0) is 49.6 Å². The molecule has 142 valence electrons. The number of hydrogen-bond acceptors (Lipinski definition) is 4. The fourth-order valence-corrected chi connectivity index (χ4v) is 4.00. The summed E-state index contributed by atoms with van der Waals surface area (Å²) in [6.45, 7) is 5.16. The van der Waals surface area contributed by atoms with Gasteiger partial charge >= 0.3 is 0 Å². The van der Waals surface area contributed by atoms with E-state index >= 15 is 0 Å².